The molecule has 0 bridgehead atoms. The summed E-state index contributed by atoms with van der Waals surface area (Å²) in [6.45, 7) is 2.21. The molecule has 1 atom stereocenters. The van der Waals surface area contributed by atoms with Crippen LogP contribution in [0.25, 0.3) is 0 Å². The van der Waals surface area contributed by atoms with E-state index in [-0.39, 0.29) is 18.2 Å². The van der Waals surface area contributed by atoms with Crippen LogP contribution in [0.15, 0.2) is 30.3 Å². The molecule has 0 saturated carbocycles. The quantitative estimate of drug-likeness (QED) is 0.681. The number of Topliss-reactive ketones (excluding diaryl/α,β-unsaturated/α-hetero) is 1. The van der Waals surface area contributed by atoms with Crippen molar-refractivity contribution < 1.29 is 4.79 Å². The van der Waals surface area contributed by atoms with E-state index in [1.165, 1.54) is 25.7 Å². The van der Waals surface area contributed by atoms with E-state index < -0.39 is 6.04 Å². The highest BCUT2D eigenvalue weighted by Crippen LogP contribution is 2.15. The summed E-state index contributed by atoms with van der Waals surface area (Å²) in [5.41, 5.74) is 6.88. The fourth-order valence-electron chi connectivity index (χ4n) is 2.08. The second kappa shape index (κ2) is 11.0. The fourth-order valence-corrected chi connectivity index (χ4v) is 2.08. The maximum Gasteiger partial charge on any atom is 0.154 e. The van der Waals surface area contributed by atoms with Crippen LogP contribution in [0, 0.1) is 0 Å². The molecule has 1 aromatic rings. The van der Waals surface area contributed by atoms with Gasteiger partial charge < -0.3 is 5.73 Å². The van der Waals surface area contributed by atoms with Gasteiger partial charge in [0, 0.05) is 6.42 Å². The van der Waals surface area contributed by atoms with Gasteiger partial charge in [-0.25, -0.2) is 0 Å². The zero-order valence-electron chi connectivity index (χ0n) is 11.8. The first-order chi connectivity index (χ1) is 8.75. The molecule has 0 spiro atoms. The van der Waals surface area contributed by atoms with Crippen molar-refractivity contribution in [2.24, 2.45) is 5.73 Å². The predicted molar refractivity (Wildman–Crippen MR) is 83.6 cm³/mol. The minimum atomic E-state index is -0.443. The van der Waals surface area contributed by atoms with E-state index >= 15 is 0 Å². The highest BCUT2D eigenvalue weighted by molar-refractivity contribution is 5.85. The SMILES string of the molecule is CCCCCCCCC(=O)C(N)c1ccccc1.Cl. The highest BCUT2D eigenvalue weighted by atomic mass is 35.5. The second-order valence-electron chi connectivity index (χ2n) is 4.87. The lowest BCUT2D eigenvalue weighted by atomic mass is 9.99. The van der Waals surface area contributed by atoms with Crippen molar-refractivity contribution in [2.75, 3.05) is 0 Å². The maximum atomic E-state index is 11.9. The van der Waals surface area contributed by atoms with Crippen molar-refractivity contribution in [3.05, 3.63) is 35.9 Å². The highest BCUT2D eigenvalue weighted by Gasteiger charge is 2.14. The van der Waals surface area contributed by atoms with Crippen LogP contribution in [0.4, 0.5) is 0 Å². The van der Waals surface area contributed by atoms with Crippen LogP contribution in [0.1, 0.15) is 63.5 Å². The van der Waals surface area contributed by atoms with Crippen LogP contribution < -0.4 is 5.73 Å². The molecular formula is C16H26ClNO. The third-order valence-corrected chi connectivity index (χ3v) is 3.28. The Balaban J connectivity index is 0.00000324. The Bertz CT molecular complexity index is 340. The summed E-state index contributed by atoms with van der Waals surface area (Å²) < 4.78 is 0. The van der Waals surface area contributed by atoms with Gasteiger partial charge in [0.05, 0.1) is 6.04 Å². The number of rotatable bonds is 9. The van der Waals surface area contributed by atoms with E-state index in [4.69, 9.17) is 5.73 Å². The molecule has 1 rings (SSSR count). The Kier molecular flexibility index (Phi) is 10.5. The summed E-state index contributed by atoms with van der Waals surface area (Å²) in [5, 5.41) is 0. The van der Waals surface area contributed by atoms with Crippen LogP contribution in [-0.2, 0) is 4.79 Å². The number of carbonyl (C=O) groups is 1. The molecule has 1 aromatic carbocycles. The van der Waals surface area contributed by atoms with Gasteiger partial charge in [-0.1, -0.05) is 69.4 Å². The molecule has 2 nitrogen and oxygen atoms in total. The number of benzene rings is 1. The van der Waals surface area contributed by atoms with Gasteiger partial charge in [0.2, 0.25) is 0 Å². The summed E-state index contributed by atoms with van der Waals surface area (Å²) in [7, 11) is 0. The Labute approximate surface area is 123 Å². The third-order valence-electron chi connectivity index (χ3n) is 3.28. The molecule has 0 aliphatic rings. The molecule has 108 valence electrons. The van der Waals surface area contributed by atoms with Crippen molar-refractivity contribution in [2.45, 2.75) is 57.9 Å². The van der Waals surface area contributed by atoms with Crippen LogP contribution in [0.2, 0.25) is 0 Å². The number of ketones is 1. The molecule has 0 aliphatic carbocycles. The first-order valence-corrected chi connectivity index (χ1v) is 7.09. The van der Waals surface area contributed by atoms with E-state index in [0.717, 1.165) is 18.4 Å². The van der Waals surface area contributed by atoms with Crippen LogP contribution >= 0.6 is 12.4 Å². The van der Waals surface area contributed by atoms with Crippen molar-refractivity contribution >= 4 is 18.2 Å². The second-order valence-corrected chi connectivity index (χ2v) is 4.87. The van der Waals surface area contributed by atoms with Gasteiger partial charge in [-0.15, -0.1) is 12.4 Å². The van der Waals surface area contributed by atoms with E-state index in [1.807, 2.05) is 30.3 Å². The molecule has 0 saturated heterocycles. The summed E-state index contributed by atoms with van der Waals surface area (Å²) in [5.74, 6) is 0.164. The smallest absolute Gasteiger partial charge is 0.154 e. The van der Waals surface area contributed by atoms with Crippen LogP contribution in [0.5, 0.6) is 0 Å². The van der Waals surface area contributed by atoms with Gasteiger partial charge in [-0.2, -0.15) is 0 Å². The van der Waals surface area contributed by atoms with E-state index in [9.17, 15) is 4.79 Å². The third kappa shape index (κ3) is 7.34. The van der Waals surface area contributed by atoms with E-state index in [2.05, 4.69) is 6.92 Å². The van der Waals surface area contributed by atoms with Crippen molar-refractivity contribution in [1.29, 1.82) is 0 Å². The molecule has 0 radical (unpaired) electrons. The summed E-state index contributed by atoms with van der Waals surface area (Å²) in [6, 6.07) is 9.18. The van der Waals surface area contributed by atoms with Crippen LogP contribution in [0.3, 0.4) is 0 Å². The van der Waals surface area contributed by atoms with Gasteiger partial charge in [0.1, 0.15) is 0 Å². The van der Waals surface area contributed by atoms with Crippen molar-refractivity contribution in [3.8, 4) is 0 Å². The first kappa shape index (κ1) is 18.1. The van der Waals surface area contributed by atoms with Crippen molar-refractivity contribution in [1.82, 2.24) is 0 Å². The minimum absolute atomic E-state index is 0. The average molecular weight is 284 g/mol. The maximum absolute atomic E-state index is 11.9. The first-order valence-electron chi connectivity index (χ1n) is 7.09. The predicted octanol–water partition coefficient (Wildman–Crippen LogP) is 4.43. The van der Waals surface area contributed by atoms with E-state index in [1.54, 1.807) is 0 Å². The molecule has 0 aliphatic heterocycles. The average Bonchev–Trinajstić information content (AvgIpc) is 2.42. The molecule has 0 fully saturated rings. The van der Waals surface area contributed by atoms with Crippen LogP contribution in [-0.4, -0.2) is 5.78 Å². The Morgan fingerprint density at radius 2 is 1.63 bits per heavy atom. The Morgan fingerprint density at radius 1 is 1.05 bits per heavy atom. The van der Waals surface area contributed by atoms with Gasteiger partial charge in [-0.05, 0) is 12.0 Å². The van der Waals surface area contributed by atoms with Gasteiger partial charge in [-0.3, -0.25) is 4.79 Å². The number of halogens is 1. The Morgan fingerprint density at radius 3 is 2.26 bits per heavy atom. The number of hydrogen-bond donors (Lipinski definition) is 1. The van der Waals surface area contributed by atoms with E-state index in [0.29, 0.717) is 6.42 Å². The lowest BCUT2D eigenvalue weighted by molar-refractivity contribution is -0.120. The van der Waals surface area contributed by atoms with Crippen molar-refractivity contribution in [3.63, 3.8) is 0 Å². The monoisotopic (exact) mass is 283 g/mol. The lowest BCUT2D eigenvalue weighted by Gasteiger charge is -2.10. The summed E-state index contributed by atoms with van der Waals surface area (Å²) in [4.78, 5) is 11.9. The molecule has 0 aromatic heterocycles. The summed E-state index contributed by atoms with van der Waals surface area (Å²) >= 11 is 0. The molecule has 3 heteroatoms. The molecule has 2 N–H and O–H groups in total. The van der Waals surface area contributed by atoms with Gasteiger partial charge >= 0.3 is 0 Å². The summed E-state index contributed by atoms with van der Waals surface area (Å²) in [6.07, 6.45) is 7.82. The zero-order valence-corrected chi connectivity index (χ0v) is 12.6. The number of unbranched alkanes of at least 4 members (excludes halogenated alkanes) is 5. The number of nitrogens with two attached hydrogens (primary N) is 1. The number of hydrogen-bond acceptors (Lipinski definition) is 2. The topological polar surface area (TPSA) is 43.1 Å². The molecular weight excluding hydrogens is 258 g/mol. The minimum Gasteiger partial charge on any atom is -0.318 e. The zero-order chi connectivity index (χ0) is 13.2. The Hall–Kier alpha value is -0.860. The standard InChI is InChI=1S/C16H25NO.ClH/c1-2-3-4-5-6-10-13-15(18)16(17)14-11-8-7-9-12-14;/h7-9,11-12,16H,2-6,10,13,17H2,1H3;1H. The molecule has 1 unspecified atom stereocenters. The molecule has 19 heavy (non-hydrogen) atoms. The number of carbonyl (C=O) groups excluding carboxylic acids is 1. The lowest BCUT2D eigenvalue weighted by Crippen LogP contribution is -2.21. The normalized spacial score (nSPS) is 11.7. The molecule has 0 heterocycles. The van der Waals surface area contributed by atoms with Gasteiger partial charge in [0.15, 0.2) is 5.78 Å². The largest absolute Gasteiger partial charge is 0.318 e. The molecule has 0 amide bonds. The van der Waals surface area contributed by atoms with Gasteiger partial charge in [0.25, 0.3) is 0 Å². The fraction of sp³-hybridized carbons (Fsp3) is 0.562.